The molecule has 1 heterocycles. The molecule has 3 aromatic rings. The van der Waals surface area contributed by atoms with Gasteiger partial charge in [0.15, 0.2) is 11.5 Å². The number of hydrogen-bond acceptors (Lipinski definition) is 4. The molecule has 1 amide bonds. The fraction of sp³-hybridized carbons (Fsp3) is 0.0476. The number of nitrogens with zero attached hydrogens (tertiary/aromatic N) is 1. The Morgan fingerprint density at radius 2 is 1.63 bits per heavy atom. The van der Waals surface area contributed by atoms with Gasteiger partial charge in [0.05, 0.1) is 6.21 Å². The van der Waals surface area contributed by atoms with E-state index < -0.39 is 0 Å². The summed E-state index contributed by atoms with van der Waals surface area (Å²) in [7, 11) is 0. The van der Waals surface area contributed by atoms with E-state index in [0.717, 1.165) is 21.2 Å². The van der Waals surface area contributed by atoms with Crippen LogP contribution in [0.1, 0.15) is 15.9 Å². The predicted molar refractivity (Wildman–Crippen MR) is 107 cm³/mol. The van der Waals surface area contributed by atoms with E-state index >= 15 is 0 Å². The number of carbonyl (C=O) groups is 1. The lowest BCUT2D eigenvalue weighted by atomic mass is 10.0. The van der Waals surface area contributed by atoms with Crippen LogP contribution in [0.2, 0.25) is 0 Å². The monoisotopic (exact) mass is 422 g/mol. The van der Waals surface area contributed by atoms with Crippen molar-refractivity contribution < 1.29 is 14.3 Å². The first-order chi connectivity index (χ1) is 13.2. The van der Waals surface area contributed by atoms with Crippen LogP contribution in [-0.2, 0) is 0 Å². The number of ether oxygens (including phenoxy) is 2. The average Bonchev–Trinajstić information content (AvgIpc) is 3.16. The molecule has 0 aromatic heterocycles. The van der Waals surface area contributed by atoms with Crippen LogP contribution in [0.15, 0.2) is 76.3 Å². The highest BCUT2D eigenvalue weighted by Crippen LogP contribution is 2.36. The molecule has 5 nitrogen and oxygen atoms in total. The number of hydrogen-bond donors (Lipinski definition) is 1. The minimum atomic E-state index is -0.275. The highest BCUT2D eigenvalue weighted by Gasteiger charge is 2.15. The van der Waals surface area contributed by atoms with Crippen molar-refractivity contribution in [1.29, 1.82) is 0 Å². The summed E-state index contributed by atoms with van der Waals surface area (Å²) in [6.07, 6.45) is 1.56. The standard InChI is InChI=1S/C21H15BrN2O3/c22-18-11-20-19(26-13-27-20)10-17(18)12-23-24-21(25)16-8-6-15(7-9-16)14-4-2-1-3-5-14/h1-12H,13H2,(H,24,25)/b23-12+. The highest BCUT2D eigenvalue weighted by atomic mass is 79.9. The van der Waals surface area contributed by atoms with Gasteiger partial charge in [0.2, 0.25) is 6.79 Å². The van der Waals surface area contributed by atoms with Gasteiger partial charge in [-0.2, -0.15) is 5.10 Å². The van der Waals surface area contributed by atoms with E-state index in [4.69, 9.17) is 9.47 Å². The minimum Gasteiger partial charge on any atom is -0.454 e. The first kappa shape index (κ1) is 17.3. The third-order valence-electron chi connectivity index (χ3n) is 4.12. The Bertz CT molecular complexity index is 1000. The zero-order valence-electron chi connectivity index (χ0n) is 14.2. The summed E-state index contributed by atoms with van der Waals surface area (Å²) in [4.78, 5) is 12.3. The molecule has 0 bridgehead atoms. The predicted octanol–water partition coefficient (Wildman–Crippen LogP) is 4.61. The summed E-state index contributed by atoms with van der Waals surface area (Å²) in [5.41, 5.74) is 6.02. The second-order valence-electron chi connectivity index (χ2n) is 5.87. The summed E-state index contributed by atoms with van der Waals surface area (Å²) in [5.74, 6) is 1.06. The van der Waals surface area contributed by atoms with Crippen molar-refractivity contribution in [3.63, 3.8) is 0 Å². The van der Waals surface area contributed by atoms with E-state index in [1.807, 2.05) is 48.5 Å². The van der Waals surface area contributed by atoms with Crippen molar-refractivity contribution in [3.8, 4) is 22.6 Å². The van der Waals surface area contributed by atoms with Crippen molar-refractivity contribution >= 4 is 28.1 Å². The fourth-order valence-electron chi connectivity index (χ4n) is 2.70. The maximum atomic E-state index is 12.3. The summed E-state index contributed by atoms with van der Waals surface area (Å²) in [6.45, 7) is 0.206. The molecule has 0 unspecified atom stereocenters. The highest BCUT2D eigenvalue weighted by molar-refractivity contribution is 9.10. The molecule has 3 aromatic carbocycles. The molecule has 0 aliphatic carbocycles. The second-order valence-corrected chi connectivity index (χ2v) is 6.72. The van der Waals surface area contributed by atoms with Gasteiger partial charge < -0.3 is 9.47 Å². The van der Waals surface area contributed by atoms with Gasteiger partial charge in [-0.15, -0.1) is 0 Å². The lowest BCUT2D eigenvalue weighted by Gasteiger charge is -2.04. The molecule has 27 heavy (non-hydrogen) atoms. The summed E-state index contributed by atoms with van der Waals surface area (Å²) < 4.78 is 11.5. The second kappa shape index (κ2) is 7.63. The van der Waals surface area contributed by atoms with E-state index in [1.165, 1.54) is 0 Å². The van der Waals surface area contributed by atoms with Gasteiger partial charge in [0.1, 0.15) is 0 Å². The smallest absolute Gasteiger partial charge is 0.271 e. The Morgan fingerprint density at radius 1 is 0.963 bits per heavy atom. The lowest BCUT2D eigenvalue weighted by molar-refractivity contribution is 0.0955. The molecule has 0 atom stereocenters. The van der Waals surface area contributed by atoms with Crippen molar-refractivity contribution in [3.05, 3.63) is 82.3 Å². The Kier molecular flexibility index (Phi) is 4.89. The summed E-state index contributed by atoms with van der Waals surface area (Å²) in [6, 6.07) is 21.0. The van der Waals surface area contributed by atoms with Crippen LogP contribution >= 0.6 is 15.9 Å². The van der Waals surface area contributed by atoms with Crippen LogP contribution in [-0.4, -0.2) is 18.9 Å². The first-order valence-corrected chi connectivity index (χ1v) is 9.08. The van der Waals surface area contributed by atoms with Crippen LogP contribution in [0.3, 0.4) is 0 Å². The molecule has 6 heteroatoms. The normalized spacial score (nSPS) is 12.3. The van der Waals surface area contributed by atoms with Crippen LogP contribution in [0.4, 0.5) is 0 Å². The maximum absolute atomic E-state index is 12.3. The number of fused-ring (bicyclic) bond motifs is 1. The number of benzene rings is 3. The molecule has 0 saturated carbocycles. The average molecular weight is 423 g/mol. The molecule has 0 fully saturated rings. The fourth-order valence-corrected chi connectivity index (χ4v) is 3.13. The summed E-state index contributed by atoms with van der Waals surface area (Å²) in [5, 5.41) is 4.03. The van der Waals surface area contributed by atoms with Gasteiger partial charge in [-0.3, -0.25) is 4.79 Å². The Hall–Kier alpha value is -3.12. The molecular weight excluding hydrogens is 408 g/mol. The van der Waals surface area contributed by atoms with E-state index in [1.54, 1.807) is 24.4 Å². The number of hydrazone groups is 1. The van der Waals surface area contributed by atoms with Crippen molar-refractivity contribution in [1.82, 2.24) is 5.43 Å². The molecule has 1 N–H and O–H groups in total. The summed E-state index contributed by atoms with van der Waals surface area (Å²) >= 11 is 3.45. The molecule has 1 aliphatic rings. The quantitative estimate of drug-likeness (QED) is 0.493. The Morgan fingerprint density at radius 3 is 2.37 bits per heavy atom. The minimum absolute atomic E-state index is 0.206. The SMILES string of the molecule is O=C(N/N=C/c1cc2c(cc1Br)OCO2)c1ccc(-c2ccccc2)cc1. The van der Waals surface area contributed by atoms with Gasteiger partial charge in [-0.1, -0.05) is 42.5 Å². The third kappa shape index (κ3) is 3.85. The van der Waals surface area contributed by atoms with Crippen molar-refractivity contribution in [2.45, 2.75) is 0 Å². The van der Waals surface area contributed by atoms with Crippen LogP contribution in [0.25, 0.3) is 11.1 Å². The number of nitrogens with one attached hydrogen (secondary N) is 1. The van der Waals surface area contributed by atoms with Crippen LogP contribution in [0, 0.1) is 0 Å². The lowest BCUT2D eigenvalue weighted by Crippen LogP contribution is -2.17. The topological polar surface area (TPSA) is 59.9 Å². The first-order valence-electron chi connectivity index (χ1n) is 8.29. The van der Waals surface area contributed by atoms with Crippen LogP contribution in [0.5, 0.6) is 11.5 Å². The largest absolute Gasteiger partial charge is 0.454 e. The van der Waals surface area contributed by atoms with Crippen molar-refractivity contribution in [2.24, 2.45) is 5.10 Å². The van der Waals surface area contributed by atoms with Crippen LogP contribution < -0.4 is 14.9 Å². The zero-order valence-corrected chi connectivity index (χ0v) is 15.8. The Balaban J connectivity index is 1.43. The van der Waals surface area contributed by atoms with E-state index in [-0.39, 0.29) is 12.7 Å². The van der Waals surface area contributed by atoms with E-state index in [9.17, 15) is 4.79 Å². The third-order valence-corrected chi connectivity index (χ3v) is 4.80. The number of halogens is 1. The molecule has 0 saturated heterocycles. The molecule has 1 aliphatic heterocycles. The number of carbonyl (C=O) groups excluding carboxylic acids is 1. The molecule has 0 spiro atoms. The van der Waals surface area contributed by atoms with Gasteiger partial charge in [-0.05, 0) is 51.3 Å². The van der Waals surface area contributed by atoms with Crippen molar-refractivity contribution in [2.75, 3.05) is 6.79 Å². The van der Waals surface area contributed by atoms with Gasteiger partial charge in [-0.25, -0.2) is 5.43 Å². The Labute approximate surface area is 164 Å². The van der Waals surface area contributed by atoms with E-state index in [2.05, 4.69) is 26.5 Å². The number of amides is 1. The van der Waals surface area contributed by atoms with Gasteiger partial charge in [0.25, 0.3) is 5.91 Å². The number of rotatable bonds is 4. The van der Waals surface area contributed by atoms with E-state index in [0.29, 0.717) is 17.1 Å². The zero-order chi connectivity index (χ0) is 18.6. The molecule has 134 valence electrons. The maximum Gasteiger partial charge on any atom is 0.271 e. The van der Waals surface area contributed by atoms with Gasteiger partial charge >= 0.3 is 0 Å². The van der Waals surface area contributed by atoms with Gasteiger partial charge in [0, 0.05) is 15.6 Å². The molecule has 4 rings (SSSR count). The molecule has 0 radical (unpaired) electrons. The molecular formula is C21H15BrN2O3.